The van der Waals surface area contributed by atoms with Gasteiger partial charge in [0.2, 0.25) is 0 Å². The molecule has 0 saturated carbocycles. The Morgan fingerprint density at radius 1 is 1.19 bits per heavy atom. The number of anilines is 1. The second kappa shape index (κ2) is 8.04. The molecule has 1 atom stereocenters. The predicted molar refractivity (Wildman–Crippen MR) is 102 cm³/mol. The van der Waals surface area contributed by atoms with Gasteiger partial charge in [-0.05, 0) is 42.7 Å². The van der Waals surface area contributed by atoms with Gasteiger partial charge in [0, 0.05) is 25.7 Å². The molecule has 0 N–H and O–H groups in total. The Bertz CT molecular complexity index is 827. The zero-order valence-corrected chi connectivity index (χ0v) is 15.8. The smallest absolute Gasteiger partial charge is 0.410 e. The molecule has 1 fully saturated rings. The summed E-state index contributed by atoms with van der Waals surface area (Å²) in [6.07, 6.45) is -0.343. The number of aromatic nitrogens is 2. The summed E-state index contributed by atoms with van der Waals surface area (Å²) in [6, 6.07) is 13.1. The molecule has 1 unspecified atom stereocenters. The van der Waals surface area contributed by atoms with Crippen molar-refractivity contribution in [3.63, 3.8) is 0 Å². The highest BCUT2D eigenvalue weighted by atomic mass is 16.6. The molecule has 1 amide bonds. The van der Waals surface area contributed by atoms with Crippen molar-refractivity contribution in [2.75, 3.05) is 24.5 Å². The third-order valence-electron chi connectivity index (χ3n) is 4.70. The monoisotopic (exact) mass is 365 g/mol. The molecule has 0 radical (unpaired) electrons. The van der Waals surface area contributed by atoms with E-state index in [4.69, 9.17) is 10.00 Å². The van der Waals surface area contributed by atoms with Crippen molar-refractivity contribution in [3.8, 4) is 11.8 Å². The number of hydrogen-bond donors (Lipinski definition) is 0. The van der Waals surface area contributed by atoms with E-state index in [0.29, 0.717) is 37.1 Å². The first-order chi connectivity index (χ1) is 13.0. The number of ether oxygens (including phenoxy) is 1. The van der Waals surface area contributed by atoms with Crippen molar-refractivity contribution < 1.29 is 9.53 Å². The van der Waals surface area contributed by atoms with Gasteiger partial charge in [-0.3, -0.25) is 0 Å². The van der Waals surface area contributed by atoms with Crippen LogP contribution in [0.1, 0.15) is 37.9 Å². The van der Waals surface area contributed by atoms with Crippen molar-refractivity contribution in [3.05, 3.63) is 47.7 Å². The Labute approximate surface area is 159 Å². The summed E-state index contributed by atoms with van der Waals surface area (Å²) >= 11 is 0. The van der Waals surface area contributed by atoms with Crippen LogP contribution in [0.15, 0.2) is 36.4 Å². The van der Waals surface area contributed by atoms with Crippen LogP contribution in [0, 0.1) is 11.3 Å². The summed E-state index contributed by atoms with van der Waals surface area (Å²) in [7, 11) is 0. The molecule has 1 aliphatic heterocycles. The molecular formula is C20H23N5O2. The lowest BCUT2D eigenvalue weighted by atomic mass is 10.0. The van der Waals surface area contributed by atoms with Crippen molar-refractivity contribution in [1.82, 2.24) is 15.1 Å². The number of hydrogen-bond acceptors (Lipinski definition) is 6. The number of nitrogens with zero attached hydrogens (tertiary/aromatic N) is 5. The average Bonchev–Trinajstić information content (AvgIpc) is 2.68. The Hall–Kier alpha value is -3.14. The van der Waals surface area contributed by atoms with E-state index < -0.39 is 0 Å². The normalized spacial score (nSPS) is 16.9. The number of amides is 1. The van der Waals surface area contributed by atoms with Crippen LogP contribution < -0.4 is 9.64 Å². The summed E-state index contributed by atoms with van der Waals surface area (Å²) in [5.41, 5.74) is 1.50. The fraction of sp³-hybridized carbons (Fsp3) is 0.400. The van der Waals surface area contributed by atoms with E-state index in [0.717, 1.165) is 0 Å². The second-order valence-corrected chi connectivity index (χ2v) is 6.97. The number of piperazine rings is 1. The van der Waals surface area contributed by atoms with Crippen molar-refractivity contribution >= 4 is 11.9 Å². The zero-order valence-electron chi connectivity index (χ0n) is 15.8. The first-order valence-corrected chi connectivity index (χ1v) is 9.05. The van der Waals surface area contributed by atoms with Crippen LogP contribution in [0.3, 0.4) is 0 Å². The third-order valence-corrected chi connectivity index (χ3v) is 4.70. The SMILES string of the molecule is CC(C)c1ccc(OC(=O)N2CCN(c3ccc(C#N)nn3)C(C)C2)cc1. The Balaban J connectivity index is 1.59. The maximum Gasteiger partial charge on any atom is 0.415 e. The van der Waals surface area contributed by atoms with Gasteiger partial charge in [-0.1, -0.05) is 26.0 Å². The number of rotatable bonds is 3. The molecule has 1 aromatic carbocycles. The minimum absolute atomic E-state index is 0.0665. The lowest BCUT2D eigenvalue weighted by molar-refractivity contribution is 0.142. The van der Waals surface area contributed by atoms with Gasteiger partial charge < -0.3 is 14.5 Å². The maximum atomic E-state index is 12.5. The van der Waals surface area contributed by atoms with E-state index in [2.05, 4.69) is 28.9 Å². The largest absolute Gasteiger partial charge is 0.415 e. The van der Waals surface area contributed by atoms with E-state index in [1.807, 2.05) is 37.3 Å². The number of carbonyl (C=O) groups excluding carboxylic acids is 1. The van der Waals surface area contributed by atoms with Gasteiger partial charge >= 0.3 is 6.09 Å². The van der Waals surface area contributed by atoms with Crippen LogP contribution in [0.5, 0.6) is 5.75 Å². The van der Waals surface area contributed by atoms with Gasteiger partial charge in [0.25, 0.3) is 0 Å². The van der Waals surface area contributed by atoms with E-state index >= 15 is 0 Å². The highest BCUT2D eigenvalue weighted by Gasteiger charge is 2.28. The summed E-state index contributed by atoms with van der Waals surface area (Å²) < 4.78 is 5.51. The van der Waals surface area contributed by atoms with Crippen LogP contribution in [0.4, 0.5) is 10.6 Å². The minimum atomic E-state index is -0.343. The molecule has 0 aliphatic carbocycles. The Kier molecular flexibility index (Phi) is 5.55. The standard InChI is InChI=1S/C20H23N5O2/c1-14(2)16-4-7-18(8-5-16)27-20(26)24-10-11-25(15(3)13-24)19-9-6-17(12-21)22-23-19/h4-9,14-15H,10-11,13H2,1-3H3. The highest BCUT2D eigenvalue weighted by molar-refractivity contribution is 5.71. The fourth-order valence-electron chi connectivity index (χ4n) is 3.09. The van der Waals surface area contributed by atoms with Crippen LogP contribution in [-0.2, 0) is 0 Å². The van der Waals surface area contributed by atoms with Crippen LogP contribution >= 0.6 is 0 Å². The number of benzene rings is 1. The second-order valence-electron chi connectivity index (χ2n) is 6.97. The molecule has 27 heavy (non-hydrogen) atoms. The summed E-state index contributed by atoms with van der Waals surface area (Å²) in [5, 5.41) is 16.8. The third kappa shape index (κ3) is 4.34. The molecule has 2 heterocycles. The van der Waals surface area contributed by atoms with Crippen molar-refractivity contribution in [1.29, 1.82) is 5.26 Å². The maximum absolute atomic E-state index is 12.5. The van der Waals surface area contributed by atoms with Crippen molar-refractivity contribution in [2.24, 2.45) is 0 Å². The molecule has 0 spiro atoms. The first kappa shape index (κ1) is 18.6. The molecule has 7 nitrogen and oxygen atoms in total. The van der Waals surface area contributed by atoms with Gasteiger partial charge in [0.1, 0.15) is 11.8 Å². The Morgan fingerprint density at radius 2 is 1.93 bits per heavy atom. The van der Waals surface area contributed by atoms with E-state index in [1.54, 1.807) is 17.0 Å². The van der Waals surface area contributed by atoms with Crippen molar-refractivity contribution in [2.45, 2.75) is 32.7 Å². The quantitative estimate of drug-likeness (QED) is 0.831. The summed E-state index contributed by atoms with van der Waals surface area (Å²) in [6.45, 7) is 7.97. The van der Waals surface area contributed by atoms with Gasteiger partial charge in [0.05, 0.1) is 0 Å². The highest BCUT2D eigenvalue weighted by Crippen LogP contribution is 2.21. The lowest BCUT2D eigenvalue weighted by Crippen LogP contribution is -2.54. The molecule has 1 aromatic heterocycles. The van der Waals surface area contributed by atoms with Crippen LogP contribution in [0.25, 0.3) is 0 Å². The predicted octanol–water partition coefficient (Wildman–Crippen LogP) is 3.18. The molecule has 1 aliphatic rings. The number of carbonyl (C=O) groups is 1. The molecule has 1 saturated heterocycles. The van der Waals surface area contributed by atoms with E-state index in [-0.39, 0.29) is 17.8 Å². The molecule has 3 rings (SSSR count). The average molecular weight is 365 g/mol. The van der Waals surface area contributed by atoms with Gasteiger partial charge in [-0.2, -0.15) is 5.26 Å². The Morgan fingerprint density at radius 3 is 2.48 bits per heavy atom. The molecular weight excluding hydrogens is 342 g/mol. The van der Waals surface area contributed by atoms with Gasteiger partial charge in [-0.15, -0.1) is 10.2 Å². The van der Waals surface area contributed by atoms with E-state index in [9.17, 15) is 4.79 Å². The topological polar surface area (TPSA) is 82.4 Å². The van der Waals surface area contributed by atoms with Crippen LogP contribution in [-0.4, -0.2) is 46.9 Å². The van der Waals surface area contributed by atoms with Gasteiger partial charge in [0.15, 0.2) is 11.5 Å². The first-order valence-electron chi connectivity index (χ1n) is 9.05. The molecule has 2 aromatic rings. The lowest BCUT2D eigenvalue weighted by Gasteiger charge is -2.39. The molecule has 7 heteroatoms. The summed E-state index contributed by atoms with van der Waals surface area (Å²) in [5.74, 6) is 1.70. The fourth-order valence-corrected chi connectivity index (χ4v) is 3.09. The minimum Gasteiger partial charge on any atom is -0.410 e. The summed E-state index contributed by atoms with van der Waals surface area (Å²) in [4.78, 5) is 16.3. The van der Waals surface area contributed by atoms with Gasteiger partial charge in [-0.25, -0.2) is 4.79 Å². The number of nitriles is 1. The van der Waals surface area contributed by atoms with Crippen LogP contribution in [0.2, 0.25) is 0 Å². The van der Waals surface area contributed by atoms with E-state index in [1.165, 1.54) is 5.56 Å². The molecule has 0 bridgehead atoms. The zero-order chi connectivity index (χ0) is 19.4. The molecule has 140 valence electrons.